The molecule has 0 fully saturated rings. The second kappa shape index (κ2) is 5.71. The monoisotopic (exact) mass is 286 g/mol. The average molecular weight is 286 g/mol. The van der Waals surface area contributed by atoms with E-state index in [0.717, 1.165) is 10.7 Å². The molecule has 19 heavy (non-hydrogen) atoms. The van der Waals surface area contributed by atoms with Crippen molar-refractivity contribution in [1.82, 2.24) is 10.3 Å². The average Bonchev–Trinajstić information content (AvgIpc) is 2.72. The minimum absolute atomic E-state index is 0.158. The Balaban J connectivity index is 2.32. The highest BCUT2D eigenvalue weighted by molar-refractivity contribution is 7.09. The van der Waals surface area contributed by atoms with Crippen molar-refractivity contribution in [2.24, 2.45) is 0 Å². The summed E-state index contributed by atoms with van der Waals surface area (Å²) in [6.07, 6.45) is 0.348. The zero-order valence-corrected chi connectivity index (χ0v) is 11.3. The van der Waals surface area contributed by atoms with Gasteiger partial charge in [0.1, 0.15) is 17.5 Å². The second-order valence-electron chi connectivity index (χ2n) is 4.19. The standard InChI is InChI=1S/C13H13F3N2S/c1-7-18-9(6-19-7)5-12(17-2)13-10(15)3-8(14)4-11(13)16/h3-4,6,12,17H,5H2,1-2H3. The van der Waals surface area contributed by atoms with Crippen molar-refractivity contribution in [3.63, 3.8) is 0 Å². The number of nitrogens with one attached hydrogen (secondary N) is 1. The smallest absolute Gasteiger partial charge is 0.133 e. The lowest BCUT2D eigenvalue weighted by Gasteiger charge is -2.17. The lowest BCUT2D eigenvalue weighted by atomic mass is 10.0. The summed E-state index contributed by atoms with van der Waals surface area (Å²) < 4.78 is 40.3. The van der Waals surface area contributed by atoms with Crippen LogP contribution in [0.25, 0.3) is 0 Å². The van der Waals surface area contributed by atoms with E-state index >= 15 is 0 Å². The summed E-state index contributed by atoms with van der Waals surface area (Å²) in [5.41, 5.74) is 0.597. The van der Waals surface area contributed by atoms with Gasteiger partial charge in [-0.3, -0.25) is 0 Å². The summed E-state index contributed by atoms with van der Waals surface area (Å²) in [6.45, 7) is 1.86. The van der Waals surface area contributed by atoms with Gasteiger partial charge in [-0.15, -0.1) is 11.3 Å². The number of halogens is 3. The molecular weight excluding hydrogens is 273 g/mol. The van der Waals surface area contributed by atoms with E-state index in [0.29, 0.717) is 18.6 Å². The fourth-order valence-corrected chi connectivity index (χ4v) is 2.57. The molecule has 0 bridgehead atoms. The van der Waals surface area contributed by atoms with Crippen LogP contribution in [0.2, 0.25) is 0 Å². The summed E-state index contributed by atoms with van der Waals surface area (Å²) in [7, 11) is 1.60. The normalized spacial score (nSPS) is 12.7. The Morgan fingerprint density at radius 3 is 2.37 bits per heavy atom. The van der Waals surface area contributed by atoms with Crippen LogP contribution in [0, 0.1) is 24.4 Å². The molecule has 1 aromatic heterocycles. The maximum atomic E-state index is 13.7. The first-order valence-corrected chi connectivity index (χ1v) is 6.62. The van der Waals surface area contributed by atoms with Gasteiger partial charge in [-0.25, -0.2) is 18.2 Å². The Morgan fingerprint density at radius 2 is 1.89 bits per heavy atom. The van der Waals surface area contributed by atoms with E-state index in [1.165, 1.54) is 11.3 Å². The minimum Gasteiger partial charge on any atom is -0.312 e. The molecule has 0 spiro atoms. The van der Waals surface area contributed by atoms with Crippen LogP contribution in [0.3, 0.4) is 0 Å². The Kier molecular flexibility index (Phi) is 4.21. The van der Waals surface area contributed by atoms with Crippen LogP contribution in [0.5, 0.6) is 0 Å². The van der Waals surface area contributed by atoms with Crippen molar-refractivity contribution >= 4 is 11.3 Å². The van der Waals surface area contributed by atoms with Crippen LogP contribution in [-0.4, -0.2) is 12.0 Å². The molecule has 0 aliphatic heterocycles. The zero-order chi connectivity index (χ0) is 14.0. The SMILES string of the molecule is CNC(Cc1csc(C)n1)c1c(F)cc(F)cc1F. The molecule has 1 aromatic carbocycles. The summed E-state index contributed by atoms with van der Waals surface area (Å²) in [5, 5.41) is 5.58. The quantitative estimate of drug-likeness (QED) is 0.932. The lowest BCUT2D eigenvalue weighted by Crippen LogP contribution is -2.22. The molecule has 1 atom stereocenters. The number of aromatic nitrogens is 1. The predicted octanol–water partition coefficient (Wildman–Crippen LogP) is 3.37. The Bertz CT molecular complexity index is 560. The van der Waals surface area contributed by atoms with E-state index in [-0.39, 0.29) is 5.56 Å². The Labute approximate surface area is 113 Å². The van der Waals surface area contributed by atoms with E-state index in [9.17, 15) is 13.2 Å². The van der Waals surface area contributed by atoms with Gasteiger partial charge < -0.3 is 5.32 Å². The van der Waals surface area contributed by atoms with Gasteiger partial charge in [-0.05, 0) is 14.0 Å². The number of benzene rings is 1. The molecule has 0 aliphatic rings. The van der Waals surface area contributed by atoms with Crippen molar-refractivity contribution in [3.05, 3.63) is 51.2 Å². The minimum atomic E-state index is -0.918. The number of rotatable bonds is 4. The molecule has 0 saturated carbocycles. The van der Waals surface area contributed by atoms with Crippen LogP contribution in [0.1, 0.15) is 22.3 Å². The summed E-state index contributed by atoms with van der Waals surface area (Å²) in [4.78, 5) is 4.26. The van der Waals surface area contributed by atoms with Gasteiger partial charge in [0.15, 0.2) is 0 Å². The molecule has 102 valence electrons. The summed E-state index contributed by atoms with van der Waals surface area (Å²) >= 11 is 1.48. The van der Waals surface area contributed by atoms with Crippen molar-refractivity contribution in [1.29, 1.82) is 0 Å². The highest BCUT2D eigenvalue weighted by Gasteiger charge is 2.21. The first-order valence-electron chi connectivity index (χ1n) is 5.74. The van der Waals surface area contributed by atoms with Crippen molar-refractivity contribution in [2.75, 3.05) is 7.05 Å². The van der Waals surface area contributed by atoms with Gasteiger partial charge in [0, 0.05) is 35.5 Å². The van der Waals surface area contributed by atoms with Crippen molar-refractivity contribution in [3.8, 4) is 0 Å². The second-order valence-corrected chi connectivity index (χ2v) is 5.25. The number of hydrogen-bond acceptors (Lipinski definition) is 3. The molecule has 1 heterocycles. The van der Waals surface area contributed by atoms with Crippen LogP contribution in [0.4, 0.5) is 13.2 Å². The lowest BCUT2D eigenvalue weighted by molar-refractivity contribution is 0.473. The number of thiazole rings is 1. The van der Waals surface area contributed by atoms with E-state index in [4.69, 9.17) is 0 Å². The van der Waals surface area contributed by atoms with E-state index < -0.39 is 23.5 Å². The van der Waals surface area contributed by atoms with Gasteiger partial charge in [0.05, 0.1) is 10.7 Å². The largest absolute Gasteiger partial charge is 0.312 e. The van der Waals surface area contributed by atoms with Gasteiger partial charge in [0.25, 0.3) is 0 Å². The Hall–Kier alpha value is -1.40. The van der Waals surface area contributed by atoms with Crippen molar-refractivity contribution in [2.45, 2.75) is 19.4 Å². The predicted molar refractivity (Wildman–Crippen MR) is 68.7 cm³/mol. The topological polar surface area (TPSA) is 24.9 Å². The van der Waals surface area contributed by atoms with Gasteiger partial charge in [-0.2, -0.15) is 0 Å². The molecule has 2 rings (SSSR count). The summed E-state index contributed by atoms with van der Waals surface area (Å²) in [6, 6.07) is 0.798. The first kappa shape index (κ1) is 14.0. The molecule has 1 N–H and O–H groups in total. The highest BCUT2D eigenvalue weighted by Crippen LogP contribution is 2.25. The highest BCUT2D eigenvalue weighted by atomic mass is 32.1. The number of likely N-dealkylation sites (N-methyl/N-ethyl adjacent to an activating group) is 1. The first-order chi connectivity index (χ1) is 9.01. The third kappa shape index (κ3) is 3.13. The third-order valence-electron chi connectivity index (χ3n) is 2.82. The molecular formula is C13H13F3N2S. The van der Waals surface area contributed by atoms with E-state index in [1.54, 1.807) is 7.05 Å². The van der Waals surface area contributed by atoms with Gasteiger partial charge >= 0.3 is 0 Å². The molecule has 6 heteroatoms. The number of aryl methyl sites for hydroxylation is 1. The van der Waals surface area contributed by atoms with Crippen LogP contribution in [0.15, 0.2) is 17.5 Å². The van der Waals surface area contributed by atoms with Crippen LogP contribution >= 0.6 is 11.3 Å². The maximum Gasteiger partial charge on any atom is 0.133 e. The number of nitrogens with zero attached hydrogens (tertiary/aromatic N) is 1. The Morgan fingerprint density at radius 1 is 1.26 bits per heavy atom. The zero-order valence-electron chi connectivity index (χ0n) is 10.5. The van der Waals surface area contributed by atoms with Crippen LogP contribution in [-0.2, 0) is 6.42 Å². The van der Waals surface area contributed by atoms with E-state index in [1.807, 2.05) is 12.3 Å². The molecule has 2 aromatic rings. The van der Waals surface area contributed by atoms with E-state index in [2.05, 4.69) is 10.3 Å². The molecule has 0 radical (unpaired) electrons. The third-order valence-corrected chi connectivity index (χ3v) is 3.64. The fraction of sp³-hybridized carbons (Fsp3) is 0.308. The number of hydrogen-bond donors (Lipinski definition) is 1. The molecule has 0 aliphatic carbocycles. The summed E-state index contributed by atoms with van der Waals surface area (Å²) in [5.74, 6) is -2.69. The molecule has 2 nitrogen and oxygen atoms in total. The maximum absolute atomic E-state index is 13.7. The molecule has 0 saturated heterocycles. The van der Waals surface area contributed by atoms with Gasteiger partial charge in [0.2, 0.25) is 0 Å². The van der Waals surface area contributed by atoms with Crippen LogP contribution < -0.4 is 5.32 Å². The molecule has 0 amide bonds. The van der Waals surface area contributed by atoms with Crippen molar-refractivity contribution < 1.29 is 13.2 Å². The fourth-order valence-electron chi connectivity index (χ4n) is 1.95. The van der Waals surface area contributed by atoms with Gasteiger partial charge in [-0.1, -0.05) is 0 Å². The molecule has 1 unspecified atom stereocenters.